The average molecular weight is 471 g/mol. The Morgan fingerprint density at radius 3 is 1.38 bits per heavy atom. The maximum absolute atomic E-state index is 12.6. The molecule has 0 fully saturated rings. The molecular weight excluding hydrogens is 455 g/mol. The number of rotatable bonds is 6. The van der Waals surface area contributed by atoms with Crippen LogP contribution < -0.4 is 9.47 Å². The van der Waals surface area contributed by atoms with Crippen LogP contribution in [0.2, 0.25) is 10.0 Å². The van der Waals surface area contributed by atoms with E-state index in [1.165, 1.54) is 50.2 Å². The molecule has 0 aliphatic heterocycles. The van der Waals surface area contributed by atoms with Crippen molar-refractivity contribution in [2.75, 3.05) is 0 Å². The average Bonchev–Trinajstić information content (AvgIpc) is 2.73. The Kier molecular flexibility index (Phi) is 7.08. The second-order valence-electron chi connectivity index (χ2n) is 6.76. The SMILES string of the molecule is CC(=O)c1cc(C(C)=O)c(OC(=O)c2cccc(Cl)c2)cc1OC(=O)c1cccc(Cl)c1. The summed E-state index contributed by atoms with van der Waals surface area (Å²) < 4.78 is 10.8. The van der Waals surface area contributed by atoms with E-state index >= 15 is 0 Å². The standard InChI is InChI=1S/C24H16Cl2O6/c1-13(27)19-11-20(14(2)28)22(32-24(30)16-6-4-8-18(26)10-16)12-21(19)31-23(29)15-5-3-7-17(25)9-15/h3-12H,1-2H3. The molecule has 0 aliphatic carbocycles. The zero-order valence-corrected chi connectivity index (χ0v) is 18.5. The van der Waals surface area contributed by atoms with Crippen LogP contribution in [0.25, 0.3) is 0 Å². The van der Waals surface area contributed by atoms with Crippen LogP contribution in [0.15, 0.2) is 60.7 Å². The molecule has 0 unspecified atom stereocenters. The van der Waals surface area contributed by atoms with E-state index in [1.54, 1.807) is 24.3 Å². The highest BCUT2D eigenvalue weighted by Gasteiger charge is 2.22. The summed E-state index contributed by atoms with van der Waals surface area (Å²) in [6.07, 6.45) is 0. The van der Waals surface area contributed by atoms with Gasteiger partial charge in [-0.15, -0.1) is 0 Å². The first-order valence-electron chi connectivity index (χ1n) is 9.31. The lowest BCUT2D eigenvalue weighted by molar-refractivity contribution is 0.0731. The van der Waals surface area contributed by atoms with Gasteiger partial charge in [-0.25, -0.2) is 9.59 Å². The van der Waals surface area contributed by atoms with Gasteiger partial charge < -0.3 is 9.47 Å². The first-order chi connectivity index (χ1) is 15.2. The topological polar surface area (TPSA) is 86.7 Å². The third-order valence-corrected chi connectivity index (χ3v) is 4.84. The van der Waals surface area contributed by atoms with Crippen LogP contribution in [0, 0.1) is 0 Å². The third-order valence-electron chi connectivity index (χ3n) is 4.37. The Balaban J connectivity index is 2.02. The van der Waals surface area contributed by atoms with Crippen molar-refractivity contribution in [3.8, 4) is 11.5 Å². The molecule has 0 amide bonds. The van der Waals surface area contributed by atoms with Crippen LogP contribution >= 0.6 is 23.2 Å². The van der Waals surface area contributed by atoms with Gasteiger partial charge in [0.1, 0.15) is 11.5 Å². The van der Waals surface area contributed by atoms with Crippen molar-refractivity contribution in [3.05, 3.63) is 93.0 Å². The van der Waals surface area contributed by atoms with Crippen LogP contribution in [-0.4, -0.2) is 23.5 Å². The first-order valence-corrected chi connectivity index (χ1v) is 10.1. The van der Waals surface area contributed by atoms with E-state index < -0.39 is 23.5 Å². The smallest absolute Gasteiger partial charge is 0.343 e. The molecule has 0 heterocycles. The second kappa shape index (κ2) is 9.77. The van der Waals surface area contributed by atoms with Crippen LogP contribution in [-0.2, 0) is 0 Å². The van der Waals surface area contributed by atoms with Crippen LogP contribution in [0.4, 0.5) is 0 Å². The van der Waals surface area contributed by atoms with Gasteiger partial charge in [0, 0.05) is 16.1 Å². The van der Waals surface area contributed by atoms with E-state index in [9.17, 15) is 19.2 Å². The van der Waals surface area contributed by atoms with E-state index in [-0.39, 0.29) is 33.8 Å². The molecule has 6 nitrogen and oxygen atoms in total. The lowest BCUT2D eigenvalue weighted by atomic mass is 10.0. The highest BCUT2D eigenvalue weighted by Crippen LogP contribution is 2.32. The second-order valence-corrected chi connectivity index (χ2v) is 7.63. The molecule has 0 bridgehead atoms. The predicted molar refractivity (Wildman–Crippen MR) is 119 cm³/mol. The first kappa shape index (κ1) is 23.2. The number of carbonyl (C=O) groups is 4. The van der Waals surface area contributed by atoms with E-state index in [2.05, 4.69) is 0 Å². The molecular formula is C24H16Cl2O6. The van der Waals surface area contributed by atoms with Crippen molar-refractivity contribution in [2.24, 2.45) is 0 Å². The van der Waals surface area contributed by atoms with E-state index in [0.29, 0.717) is 10.0 Å². The summed E-state index contributed by atoms with van der Waals surface area (Å²) >= 11 is 11.8. The number of Topliss-reactive ketones (excluding diaryl/α,β-unsaturated/α-hetero) is 2. The van der Waals surface area contributed by atoms with Crippen molar-refractivity contribution in [2.45, 2.75) is 13.8 Å². The van der Waals surface area contributed by atoms with Crippen molar-refractivity contribution >= 4 is 46.7 Å². The molecule has 3 aromatic carbocycles. The molecule has 0 N–H and O–H groups in total. The molecule has 0 atom stereocenters. The van der Waals surface area contributed by atoms with Crippen molar-refractivity contribution in [1.82, 2.24) is 0 Å². The number of hydrogen-bond acceptors (Lipinski definition) is 6. The zero-order chi connectivity index (χ0) is 23.4. The van der Waals surface area contributed by atoms with Gasteiger partial charge in [-0.3, -0.25) is 9.59 Å². The zero-order valence-electron chi connectivity index (χ0n) is 17.0. The van der Waals surface area contributed by atoms with E-state index in [0.717, 1.165) is 0 Å². The maximum Gasteiger partial charge on any atom is 0.343 e. The number of esters is 2. The maximum atomic E-state index is 12.6. The van der Waals surface area contributed by atoms with Crippen LogP contribution in [0.3, 0.4) is 0 Å². The monoisotopic (exact) mass is 470 g/mol. The molecule has 0 saturated carbocycles. The molecule has 0 saturated heterocycles. The Bertz CT molecular complexity index is 1160. The minimum Gasteiger partial charge on any atom is -0.422 e. The normalized spacial score (nSPS) is 10.4. The molecule has 3 aromatic rings. The summed E-state index contributed by atoms with van der Waals surface area (Å²) in [6.45, 7) is 2.52. The van der Waals surface area contributed by atoms with E-state index in [1.807, 2.05) is 0 Å². The molecule has 3 rings (SSSR count). The highest BCUT2D eigenvalue weighted by atomic mass is 35.5. The van der Waals surface area contributed by atoms with Crippen molar-refractivity contribution < 1.29 is 28.7 Å². The molecule has 162 valence electrons. The minimum absolute atomic E-state index is 0.0202. The Morgan fingerprint density at radius 1 is 0.625 bits per heavy atom. The third kappa shape index (κ3) is 5.41. The fourth-order valence-electron chi connectivity index (χ4n) is 2.83. The molecule has 0 radical (unpaired) electrons. The van der Waals surface area contributed by atoms with Gasteiger partial charge >= 0.3 is 11.9 Å². The Labute approximate surface area is 193 Å². The number of benzene rings is 3. The van der Waals surface area contributed by atoms with Gasteiger partial charge in [-0.05, 0) is 56.3 Å². The summed E-state index contributed by atoms with van der Waals surface area (Å²) in [5.41, 5.74) is 0.265. The van der Waals surface area contributed by atoms with Gasteiger partial charge in [0.15, 0.2) is 11.6 Å². The summed E-state index contributed by atoms with van der Waals surface area (Å²) in [7, 11) is 0. The quantitative estimate of drug-likeness (QED) is 0.255. The highest BCUT2D eigenvalue weighted by molar-refractivity contribution is 6.31. The predicted octanol–water partition coefficient (Wildman–Crippen LogP) is 5.84. The molecule has 32 heavy (non-hydrogen) atoms. The fourth-order valence-corrected chi connectivity index (χ4v) is 3.21. The number of hydrogen-bond donors (Lipinski definition) is 0. The van der Waals surface area contributed by atoms with Gasteiger partial charge in [-0.1, -0.05) is 35.3 Å². The minimum atomic E-state index is -0.780. The number of ketones is 2. The molecule has 0 spiro atoms. The molecule has 8 heteroatoms. The number of ether oxygens (including phenoxy) is 2. The summed E-state index contributed by atoms with van der Waals surface area (Å²) in [4.78, 5) is 49.5. The number of carbonyl (C=O) groups excluding carboxylic acids is 4. The molecule has 0 aliphatic rings. The lowest BCUT2D eigenvalue weighted by Gasteiger charge is -2.14. The summed E-state index contributed by atoms with van der Waals surface area (Å²) in [6, 6.07) is 14.5. The lowest BCUT2D eigenvalue weighted by Crippen LogP contribution is -2.15. The number of halogens is 2. The summed E-state index contributed by atoms with van der Waals surface area (Å²) in [5, 5.41) is 0.656. The largest absolute Gasteiger partial charge is 0.422 e. The van der Waals surface area contributed by atoms with Crippen LogP contribution in [0.1, 0.15) is 55.3 Å². The van der Waals surface area contributed by atoms with Gasteiger partial charge in [0.05, 0.1) is 22.3 Å². The van der Waals surface area contributed by atoms with Crippen molar-refractivity contribution in [3.63, 3.8) is 0 Å². The van der Waals surface area contributed by atoms with Gasteiger partial charge in [-0.2, -0.15) is 0 Å². The van der Waals surface area contributed by atoms with Gasteiger partial charge in [0.2, 0.25) is 0 Å². The van der Waals surface area contributed by atoms with Crippen molar-refractivity contribution in [1.29, 1.82) is 0 Å². The van der Waals surface area contributed by atoms with E-state index in [4.69, 9.17) is 32.7 Å². The Morgan fingerprint density at radius 2 is 1.03 bits per heavy atom. The fraction of sp³-hybridized carbons (Fsp3) is 0.0833. The summed E-state index contributed by atoms with van der Waals surface area (Å²) in [5.74, 6) is -2.79. The van der Waals surface area contributed by atoms with Crippen LogP contribution in [0.5, 0.6) is 11.5 Å². The van der Waals surface area contributed by atoms with Gasteiger partial charge in [0.25, 0.3) is 0 Å². The molecule has 0 aromatic heterocycles. The Hall–Kier alpha value is -3.48.